The summed E-state index contributed by atoms with van der Waals surface area (Å²) in [6, 6.07) is -0.842. The van der Waals surface area contributed by atoms with Gasteiger partial charge in [-0.2, -0.15) is 0 Å². The van der Waals surface area contributed by atoms with Gasteiger partial charge in [0.05, 0.1) is 18.1 Å². The van der Waals surface area contributed by atoms with Crippen molar-refractivity contribution in [3.63, 3.8) is 0 Å². The van der Waals surface area contributed by atoms with Crippen LogP contribution in [-0.2, 0) is 19.2 Å². The molecule has 9 nitrogen and oxygen atoms in total. The minimum absolute atomic E-state index is 0.0680. The molecule has 0 spiro atoms. The van der Waals surface area contributed by atoms with Gasteiger partial charge < -0.3 is 25.5 Å². The highest BCUT2D eigenvalue weighted by molar-refractivity contribution is 5.93. The third kappa shape index (κ3) is 7.33. The molecule has 37 heavy (non-hydrogen) atoms. The van der Waals surface area contributed by atoms with Gasteiger partial charge in [-0.1, -0.05) is 38.3 Å². The van der Waals surface area contributed by atoms with E-state index in [9.17, 15) is 24.3 Å². The Balaban J connectivity index is 1.63. The molecule has 3 aliphatic rings. The van der Waals surface area contributed by atoms with Crippen LogP contribution in [0.25, 0.3) is 0 Å². The minimum Gasteiger partial charge on any atom is -0.391 e. The number of nitrogens with one attached hydrogen (secondary N) is 2. The van der Waals surface area contributed by atoms with Crippen LogP contribution in [0, 0.1) is 17.3 Å². The summed E-state index contributed by atoms with van der Waals surface area (Å²) in [7, 11) is 3.35. The van der Waals surface area contributed by atoms with E-state index in [2.05, 4.69) is 24.1 Å². The fourth-order valence-electron chi connectivity index (χ4n) is 6.44. The number of aliphatic hydroxyl groups is 1. The summed E-state index contributed by atoms with van der Waals surface area (Å²) in [4.78, 5) is 55.0. The first-order chi connectivity index (χ1) is 17.6. The molecule has 4 amide bonds. The predicted molar refractivity (Wildman–Crippen MR) is 141 cm³/mol. The van der Waals surface area contributed by atoms with E-state index in [1.807, 2.05) is 0 Å². The number of rotatable bonds is 9. The monoisotopic (exact) mass is 518 g/mol. The molecule has 1 heterocycles. The number of amides is 4. The number of β-amino-alcohol motifs (C(OH)–C–C–N with tert-alkyl or cyclic N) is 1. The van der Waals surface area contributed by atoms with Gasteiger partial charge in [0, 0.05) is 40.0 Å². The number of carbonyl (C=O) groups is 4. The van der Waals surface area contributed by atoms with Crippen LogP contribution in [0.4, 0.5) is 0 Å². The number of aliphatic hydroxyl groups excluding tert-OH is 1. The molecule has 0 radical (unpaired) electrons. The average molecular weight is 519 g/mol. The lowest BCUT2D eigenvalue weighted by Crippen LogP contribution is -2.53. The highest BCUT2D eigenvalue weighted by Gasteiger charge is 2.48. The molecule has 3 N–H and O–H groups in total. The Kier molecular flexibility index (Phi) is 10.2. The lowest BCUT2D eigenvalue weighted by atomic mass is 9.68. The maximum Gasteiger partial charge on any atom is 0.243 e. The highest BCUT2D eigenvalue weighted by atomic mass is 16.3. The van der Waals surface area contributed by atoms with Crippen LogP contribution in [0.1, 0.15) is 77.6 Å². The molecule has 4 unspecified atom stereocenters. The van der Waals surface area contributed by atoms with Crippen molar-refractivity contribution in [2.24, 2.45) is 17.3 Å². The number of likely N-dealkylation sites (tertiary alicyclic amines) is 1. The largest absolute Gasteiger partial charge is 0.391 e. The molecule has 2 aliphatic carbocycles. The maximum atomic E-state index is 13.9. The normalized spacial score (nSPS) is 30.1. The maximum absolute atomic E-state index is 13.9. The average Bonchev–Trinajstić information content (AvgIpc) is 3.27. The van der Waals surface area contributed by atoms with Gasteiger partial charge in [0.2, 0.25) is 23.6 Å². The summed E-state index contributed by atoms with van der Waals surface area (Å²) in [5, 5.41) is 15.7. The van der Waals surface area contributed by atoms with Gasteiger partial charge in [0.15, 0.2) is 0 Å². The first kappa shape index (κ1) is 29.1. The van der Waals surface area contributed by atoms with E-state index >= 15 is 0 Å². The zero-order valence-corrected chi connectivity index (χ0v) is 22.9. The molecule has 3 fully saturated rings. The molecule has 9 heteroatoms. The van der Waals surface area contributed by atoms with E-state index in [4.69, 9.17) is 0 Å². The molecule has 1 aliphatic heterocycles. The molecule has 0 bridgehead atoms. The molecule has 1 saturated heterocycles. The van der Waals surface area contributed by atoms with Crippen LogP contribution in [-0.4, -0.2) is 84.4 Å². The predicted octanol–water partition coefficient (Wildman–Crippen LogP) is 1.99. The number of likely N-dealkylation sites (N-methyl/N-ethyl adjacent to an activating group) is 1. The van der Waals surface area contributed by atoms with E-state index in [0.717, 1.165) is 24.8 Å². The Bertz CT molecular complexity index is 877. The Morgan fingerprint density at radius 3 is 2.59 bits per heavy atom. The molecule has 0 aromatic heterocycles. The smallest absolute Gasteiger partial charge is 0.243 e. The molecular formula is C28H46N4O5. The summed E-state index contributed by atoms with van der Waals surface area (Å²) >= 11 is 0. The van der Waals surface area contributed by atoms with E-state index in [1.165, 1.54) is 24.2 Å². The second kappa shape index (κ2) is 12.9. The fourth-order valence-corrected chi connectivity index (χ4v) is 6.44. The Hall–Kier alpha value is -2.42. The van der Waals surface area contributed by atoms with Gasteiger partial charge in [0.1, 0.15) is 6.04 Å². The first-order valence-electron chi connectivity index (χ1n) is 13.9. The highest BCUT2D eigenvalue weighted by Crippen LogP contribution is 2.45. The molecule has 208 valence electrons. The molecule has 0 aromatic rings. The van der Waals surface area contributed by atoms with Gasteiger partial charge in [-0.15, -0.1) is 0 Å². The molecule has 3 rings (SSSR count). The van der Waals surface area contributed by atoms with Crippen molar-refractivity contribution in [2.75, 3.05) is 33.7 Å². The summed E-state index contributed by atoms with van der Waals surface area (Å²) in [6.45, 7) is 6.96. The van der Waals surface area contributed by atoms with Gasteiger partial charge in [-0.05, 0) is 50.4 Å². The summed E-state index contributed by atoms with van der Waals surface area (Å²) in [5.74, 6) is 0.146. The Labute approximate surface area is 221 Å². The van der Waals surface area contributed by atoms with Crippen molar-refractivity contribution in [3.8, 4) is 0 Å². The van der Waals surface area contributed by atoms with Crippen molar-refractivity contribution in [1.82, 2.24) is 20.4 Å². The lowest BCUT2D eigenvalue weighted by molar-refractivity contribution is -0.149. The third-order valence-electron chi connectivity index (χ3n) is 8.82. The van der Waals surface area contributed by atoms with Crippen molar-refractivity contribution in [3.05, 3.63) is 12.2 Å². The topological polar surface area (TPSA) is 119 Å². The number of hydrogen-bond donors (Lipinski definition) is 3. The summed E-state index contributed by atoms with van der Waals surface area (Å²) in [5.41, 5.74) is 0.162. The van der Waals surface area contributed by atoms with Gasteiger partial charge in [-0.3, -0.25) is 19.2 Å². The summed E-state index contributed by atoms with van der Waals surface area (Å²) in [6.07, 6.45) is 7.39. The van der Waals surface area contributed by atoms with E-state index in [-0.39, 0.29) is 43.7 Å². The van der Waals surface area contributed by atoms with Gasteiger partial charge >= 0.3 is 0 Å². The lowest BCUT2D eigenvalue weighted by Gasteiger charge is -2.41. The van der Waals surface area contributed by atoms with Crippen LogP contribution in [0.5, 0.6) is 0 Å². The van der Waals surface area contributed by atoms with Crippen LogP contribution < -0.4 is 10.6 Å². The van der Waals surface area contributed by atoms with E-state index in [1.54, 1.807) is 19.0 Å². The standard InChI is InChI=1S/C28H46N4O5/c1-19-8-7-12-28(15-19,13-11-24(34)29-3)27(37)32-18-22(33)14-23(32)26(36)30-16-25(35)31(4)17-21-10-6-5-9-20(21)2/h20-23,33H,1,5-18H2,2-4H3,(H,29,34)(H,30,36)/t20?,21?,22?,23-,28?/m0/s1. The van der Waals surface area contributed by atoms with Crippen molar-refractivity contribution in [1.29, 1.82) is 0 Å². The summed E-state index contributed by atoms with van der Waals surface area (Å²) < 4.78 is 0. The third-order valence-corrected chi connectivity index (χ3v) is 8.82. The zero-order valence-electron chi connectivity index (χ0n) is 22.9. The quantitative estimate of drug-likeness (QED) is 0.404. The van der Waals surface area contributed by atoms with Crippen LogP contribution in [0.3, 0.4) is 0 Å². The SMILES string of the molecule is C=C1CCCC(CCC(=O)NC)(C(=O)N2CC(O)C[C@H]2C(=O)NCC(=O)N(C)CC2CCCCC2C)C1. The van der Waals surface area contributed by atoms with Gasteiger partial charge in [-0.25, -0.2) is 0 Å². The second-order valence-corrected chi connectivity index (χ2v) is 11.6. The van der Waals surface area contributed by atoms with Crippen LogP contribution in [0.2, 0.25) is 0 Å². The van der Waals surface area contributed by atoms with Crippen molar-refractivity contribution < 1.29 is 24.3 Å². The fraction of sp³-hybridized carbons (Fsp3) is 0.786. The second-order valence-electron chi connectivity index (χ2n) is 11.6. The zero-order chi connectivity index (χ0) is 27.2. The van der Waals surface area contributed by atoms with Gasteiger partial charge in [0.25, 0.3) is 0 Å². The first-order valence-corrected chi connectivity index (χ1v) is 13.9. The Morgan fingerprint density at radius 1 is 1.19 bits per heavy atom. The van der Waals surface area contributed by atoms with E-state index < -0.39 is 23.5 Å². The van der Waals surface area contributed by atoms with Crippen molar-refractivity contribution in [2.45, 2.75) is 89.7 Å². The number of hydrogen-bond acceptors (Lipinski definition) is 5. The van der Waals surface area contributed by atoms with Crippen LogP contribution >= 0.6 is 0 Å². The molecular weight excluding hydrogens is 472 g/mol. The number of allylic oxidation sites excluding steroid dienone is 1. The minimum atomic E-state index is -0.842. The van der Waals surface area contributed by atoms with Crippen molar-refractivity contribution >= 4 is 23.6 Å². The molecule has 0 aromatic carbocycles. The number of nitrogens with zero attached hydrogens (tertiary/aromatic N) is 2. The van der Waals surface area contributed by atoms with Crippen LogP contribution in [0.15, 0.2) is 12.2 Å². The molecule has 2 saturated carbocycles. The Morgan fingerprint density at radius 2 is 1.92 bits per heavy atom. The van der Waals surface area contributed by atoms with E-state index in [0.29, 0.717) is 37.6 Å². The number of carbonyl (C=O) groups excluding carboxylic acids is 4. The molecule has 5 atom stereocenters.